The average Bonchev–Trinajstić information content (AvgIpc) is 2.46. The minimum absolute atomic E-state index is 0.122. The third-order valence-electron chi connectivity index (χ3n) is 4.31. The predicted octanol–water partition coefficient (Wildman–Crippen LogP) is 2.63. The van der Waals surface area contributed by atoms with E-state index in [1.807, 2.05) is 6.92 Å². The molecule has 1 aliphatic heterocycles. The highest BCUT2D eigenvalue weighted by Gasteiger charge is 2.20. The number of anilines is 1. The summed E-state index contributed by atoms with van der Waals surface area (Å²) in [5.41, 5.74) is 8.43. The molecule has 0 amide bonds. The quantitative estimate of drug-likeness (QED) is 0.904. The topological polar surface area (TPSA) is 32.5 Å². The Bertz CT molecular complexity index is 377. The number of hydrogen-bond donors (Lipinski definition) is 1. The third-order valence-corrected chi connectivity index (χ3v) is 4.31. The first-order valence-corrected chi connectivity index (χ1v) is 7.46. The Hall–Kier alpha value is -1.06. The molecule has 1 aromatic rings. The van der Waals surface area contributed by atoms with Crippen molar-refractivity contribution < 1.29 is 0 Å². The van der Waals surface area contributed by atoms with Gasteiger partial charge in [0.15, 0.2) is 0 Å². The van der Waals surface area contributed by atoms with Gasteiger partial charge in [-0.1, -0.05) is 19.1 Å². The van der Waals surface area contributed by atoms with Crippen LogP contribution in [0.25, 0.3) is 0 Å². The molecule has 0 bridgehead atoms. The van der Waals surface area contributed by atoms with Gasteiger partial charge in [-0.15, -0.1) is 0 Å². The largest absolute Gasteiger partial charge is 0.369 e. The van der Waals surface area contributed by atoms with Crippen LogP contribution < -0.4 is 10.6 Å². The maximum atomic E-state index is 5.89. The normalized spacial score (nSPS) is 20.3. The summed E-state index contributed by atoms with van der Waals surface area (Å²) < 4.78 is 0. The van der Waals surface area contributed by atoms with Crippen LogP contribution in [-0.4, -0.2) is 37.1 Å². The van der Waals surface area contributed by atoms with Gasteiger partial charge in [0.05, 0.1) is 0 Å². The minimum Gasteiger partial charge on any atom is -0.369 e. The van der Waals surface area contributed by atoms with Crippen molar-refractivity contribution in [2.75, 3.05) is 31.1 Å². The zero-order valence-corrected chi connectivity index (χ0v) is 12.5. The molecule has 0 spiro atoms. The van der Waals surface area contributed by atoms with Crippen LogP contribution in [0.3, 0.4) is 0 Å². The summed E-state index contributed by atoms with van der Waals surface area (Å²) in [7, 11) is 0. The van der Waals surface area contributed by atoms with Crippen LogP contribution in [-0.2, 0) is 0 Å². The summed E-state index contributed by atoms with van der Waals surface area (Å²) >= 11 is 0. The molecular formula is C16H27N3. The van der Waals surface area contributed by atoms with E-state index in [9.17, 15) is 0 Å². The zero-order chi connectivity index (χ0) is 13.8. The Balaban J connectivity index is 1.94. The lowest BCUT2D eigenvalue weighted by atomic mass is 10.1. The number of benzene rings is 1. The van der Waals surface area contributed by atoms with E-state index < -0.39 is 0 Å². The van der Waals surface area contributed by atoms with E-state index in [-0.39, 0.29) is 6.04 Å². The van der Waals surface area contributed by atoms with E-state index >= 15 is 0 Å². The first-order valence-electron chi connectivity index (χ1n) is 7.46. The van der Waals surface area contributed by atoms with Gasteiger partial charge in [0.25, 0.3) is 0 Å². The van der Waals surface area contributed by atoms with Crippen LogP contribution in [0.5, 0.6) is 0 Å². The summed E-state index contributed by atoms with van der Waals surface area (Å²) in [6.45, 7) is 11.2. The fraction of sp³-hybridized carbons (Fsp3) is 0.625. The maximum absolute atomic E-state index is 5.89. The molecule has 0 radical (unpaired) electrons. The Morgan fingerprint density at radius 1 is 1.05 bits per heavy atom. The second kappa shape index (κ2) is 6.40. The van der Waals surface area contributed by atoms with Gasteiger partial charge >= 0.3 is 0 Å². The number of nitrogens with zero attached hydrogens (tertiary/aromatic N) is 2. The van der Waals surface area contributed by atoms with Crippen LogP contribution in [0.1, 0.15) is 38.8 Å². The lowest BCUT2D eigenvalue weighted by molar-refractivity contribution is 0.193. The highest BCUT2D eigenvalue weighted by Crippen LogP contribution is 2.20. The van der Waals surface area contributed by atoms with E-state index in [0.29, 0.717) is 6.04 Å². The lowest BCUT2D eigenvalue weighted by Crippen LogP contribution is -2.49. The van der Waals surface area contributed by atoms with Gasteiger partial charge in [-0.3, -0.25) is 4.90 Å². The molecule has 3 heteroatoms. The lowest BCUT2D eigenvalue weighted by Gasteiger charge is -2.39. The van der Waals surface area contributed by atoms with Crippen LogP contribution in [0.2, 0.25) is 0 Å². The second-order valence-electron chi connectivity index (χ2n) is 5.66. The van der Waals surface area contributed by atoms with Crippen molar-refractivity contribution >= 4 is 5.69 Å². The molecule has 106 valence electrons. The molecular weight excluding hydrogens is 234 g/mol. The predicted molar refractivity (Wildman–Crippen MR) is 82.6 cm³/mol. The number of hydrogen-bond acceptors (Lipinski definition) is 3. The first kappa shape index (κ1) is 14.4. The van der Waals surface area contributed by atoms with Gasteiger partial charge in [-0.2, -0.15) is 0 Å². The van der Waals surface area contributed by atoms with Crippen LogP contribution in [0, 0.1) is 0 Å². The van der Waals surface area contributed by atoms with Gasteiger partial charge in [0, 0.05) is 44.0 Å². The van der Waals surface area contributed by atoms with Crippen molar-refractivity contribution in [1.82, 2.24) is 4.90 Å². The Labute approximate surface area is 117 Å². The summed E-state index contributed by atoms with van der Waals surface area (Å²) in [6, 6.07) is 9.55. The van der Waals surface area contributed by atoms with Crippen molar-refractivity contribution in [3.63, 3.8) is 0 Å². The highest BCUT2D eigenvalue weighted by molar-refractivity contribution is 5.48. The molecule has 0 aliphatic carbocycles. The average molecular weight is 261 g/mol. The van der Waals surface area contributed by atoms with E-state index in [0.717, 1.165) is 13.1 Å². The molecule has 2 unspecified atom stereocenters. The number of piperazine rings is 1. The maximum Gasteiger partial charge on any atom is 0.0367 e. The summed E-state index contributed by atoms with van der Waals surface area (Å²) in [4.78, 5) is 5.07. The van der Waals surface area contributed by atoms with Gasteiger partial charge in [-0.05, 0) is 38.0 Å². The molecule has 1 aromatic carbocycles. The zero-order valence-electron chi connectivity index (χ0n) is 12.5. The molecule has 0 saturated carbocycles. The molecule has 2 N–H and O–H groups in total. The molecule has 2 rings (SSSR count). The molecule has 1 fully saturated rings. The first-order chi connectivity index (χ1) is 9.11. The van der Waals surface area contributed by atoms with Crippen LogP contribution in [0.15, 0.2) is 24.3 Å². The van der Waals surface area contributed by atoms with Crippen molar-refractivity contribution in [2.24, 2.45) is 5.73 Å². The monoisotopic (exact) mass is 261 g/mol. The molecule has 1 aliphatic rings. The second-order valence-corrected chi connectivity index (χ2v) is 5.66. The van der Waals surface area contributed by atoms with E-state index in [4.69, 9.17) is 5.73 Å². The Kier molecular flexibility index (Phi) is 4.83. The highest BCUT2D eigenvalue weighted by atomic mass is 15.3. The SMILES string of the molecule is CCC(C)N1CCN(c2ccc(C(C)N)cc2)CC1. The minimum atomic E-state index is 0.122. The third kappa shape index (κ3) is 3.48. The Morgan fingerprint density at radius 2 is 1.63 bits per heavy atom. The summed E-state index contributed by atoms with van der Waals surface area (Å²) in [5.74, 6) is 0. The molecule has 0 aromatic heterocycles. The van der Waals surface area contributed by atoms with E-state index in [1.165, 1.54) is 30.8 Å². The standard InChI is InChI=1S/C16H27N3/c1-4-13(2)18-9-11-19(12-10-18)16-7-5-15(6-8-16)14(3)17/h5-8,13-14H,4,9-12,17H2,1-3H3. The van der Waals surface area contributed by atoms with E-state index in [2.05, 4.69) is 47.9 Å². The van der Waals surface area contributed by atoms with E-state index in [1.54, 1.807) is 0 Å². The van der Waals surface area contributed by atoms with Crippen molar-refractivity contribution in [1.29, 1.82) is 0 Å². The van der Waals surface area contributed by atoms with Gasteiger partial charge in [0.2, 0.25) is 0 Å². The fourth-order valence-electron chi connectivity index (χ4n) is 2.67. The molecule has 2 atom stereocenters. The molecule has 1 heterocycles. The summed E-state index contributed by atoms with van der Waals surface area (Å²) in [5, 5.41) is 0. The van der Waals surface area contributed by atoms with Gasteiger partial charge in [-0.25, -0.2) is 0 Å². The summed E-state index contributed by atoms with van der Waals surface area (Å²) in [6.07, 6.45) is 1.24. The van der Waals surface area contributed by atoms with Crippen LogP contribution >= 0.6 is 0 Å². The molecule has 3 nitrogen and oxygen atoms in total. The molecule has 1 saturated heterocycles. The van der Waals surface area contributed by atoms with Crippen LogP contribution in [0.4, 0.5) is 5.69 Å². The smallest absolute Gasteiger partial charge is 0.0367 e. The number of rotatable bonds is 4. The van der Waals surface area contributed by atoms with Crippen molar-refractivity contribution in [3.8, 4) is 0 Å². The Morgan fingerprint density at radius 3 is 2.11 bits per heavy atom. The van der Waals surface area contributed by atoms with Gasteiger partial charge in [0.1, 0.15) is 0 Å². The van der Waals surface area contributed by atoms with Crippen molar-refractivity contribution in [3.05, 3.63) is 29.8 Å². The van der Waals surface area contributed by atoms with Gasteiger partial charge < -0.3 is 10.6 Å². The van der Waals surface area contributed by atoms with Crippen molar-refractivity contribution in [2.45, 2.75) is 39.3 Å². The fourth-order valence-corrected chi connectivity index (χ4v) is 2.67. The number of nitrogens with two attached hydrogens (primary N) is 1. The molecule has 19 heavy (non-hydrogen) atoms.